The Morgan fingerprint density at radius 3 is 3.11 bits per heavy atom. The summed E-state index contributed by atoms with van der Waals surface area (Å²) in [6.07, 6.45) is 6.18. The minimum Gasteiger partial charge on any atom is -0.353 e. The number of nitrogens with zero attached hydrogens (tertiary/aromatic N) is 4. The normalized spacial score (nSPS) is 20.6. The highest BCUT2D eigenvalue weighted by molar-refractivity contribution is 5.86. The predicted molar refractivity (Wildman–Crippen MR) is 72.8 cm³/mol. The highest BCUT2D eigenvalue weighted by Crippen LogP contribution is 2.25. The van der Waals surface area contributed by atoms with Crippen LogP contribution in [0.15, 0.2) is 18.6 Å². The fourth-order valence-corrected chi connectivity index (χ4v) is 2.68. The highest BCUT2D eigenvalue weighted by Gasteiger charge is 2.21. The van der Waals surface area contributed by atoms with Gasteiger partial charge < -0.3 is 14.8 Å². The lowest BCUT2D eigenvalue weighted by molar-refractivity contribution is 0.448. The zero-order chi connectivity index (χ0) is 12.5. The number of fused-ring (bicyclic) bond motifs is 1. The molecule has 0 aliphatic carbocycles. The average Bonchev–Trinajstić information content (AvgIpc) is 2.81. The van der Waals surface area contributed by atoms with Crippen molar-refractivity contribution in [2.45, 2.75) is 18.9 Å². The van der Waals surface area contributed by atoms with Gasteiger partial charge in [0.05, 0.1) is 11.8 Å². The molecule has 5 nitrogen and oxygen atoms in total. The molecule has 1 unspecified atom stereocenters. The topological polar surface area (TPSA) is 46.0 Å². The number of nitrogens with one attached hydrogen (secondary N) is 1. The van der Waals surface area contributed by atoms with Gasteiger partial charge in [-0.15, -0.1) is 0 Å². The van der Waals surface area contributed by atoms with Crippen LogP contribution in [-0.2, 0) is 7.05 Å². The van der Waals surface area contributed by atoms with Gasteiger partial charge in [-0.3, -0.25) is 0 Å². The van der Waals surface area contributed by atoms with Crippen molar-refractivity contribution in [3.05, 3.63) is 18.6 Å². The molecular weight excluding hydrogens is 226 g/mol. The van der Waals surface area contributed by atoms with Crippen molar-refractivity contribution in [3.8, 4) is 0 Å². The zero-order valence-corrected chi connectivity index (χ0v) is 10.9. The summed E-state index contributed by atoms with van der Waals surface area (Å²) in [6, 6.07) is 2.57. The Labute approximate surface area is 107 Å². The number of anilines is 1. The predicted octanol–water partition coefficient (Wildman–Crippen LogP) is 1.16. The monoisotopic (exact) mass is 245 g/mol. The van der Waals surface area contributed by atoms with Crippen molar-refractivity contribution in [2.75, 3.05) is 25.0 Å². The summed E-state index contributed by atoms with van der Waals surface area (Å²) in [5, 5.41) is 3.36. The first-order chi connectivity index (χ1) is 8.79. The molecule has 2 aromatic rings. The average molecular weight is 245 g/mol. The molecule has 0 aromatic carbocycles. The zero-order valence-electron chi connectivity index (χ0n) is 10.9. The molecule has 1 saturated heterocycles. The molecule has 0 radical (unpaired) electrons. The van der Waals surface area contributed by atoms with Gasteiger partial charge in [-0.05, 0) is 26.0 Å². The third kappa shape index (κ3) is 1.84. The van der Waals surface area contributed by atoms with Gasteiger partial charge in [0.1, 0.15) is 5.52 Å². The molecule has 0 saturated carbocycles. The van der Waals surface area contributed by atoms with Gasteiger partial charge in [-0.2, -0.15) is 0 Å². The molecule has 1 N–H and O–H groups in total. The molecule has 1 atom stereocenters. The minimum atomic E-state index is 0.555. The Kier molecular flexibility index (Phi) is 2.91. The van der Waals surface area contributed by atoms with Gasteiger partial charge in [-0.1, -0.05) is 0 Å². The first-order valence-corrected chi connectivity index (χ1v) is 6.48. The van der Waals surface area contributed by atoms with Crippen molar-refractivity contribution in [3.63, 3.8) is 0 Å². The molecule has 1 aliphatic rings. The number of imidazole rings is 1. The number of piperidine rings is 1. The summed E-state index contributed by atoms with van der Waals surface area (Å²) in [7, 11) is 4.05. The number of hydrogen-bond acceptors (Lipinski definition) is 4. The third-order valence-corrected chi connectivity index (χ3v) is 3.75. The van der Waals surface area contributed by atoms with E-state index in [1.807, 2.05) is 37.3 Å². The summed E-state index contributed by atoms with van der Waals surface area (Å²) in [4.78, 5) is 11.4. The van der Waals surface area contributed by atoms with Crippen LogP contribution in [-0.4, -0.2) is 40.7 Å². The molecule has 18 heavy (non-hydrogen) atoms. The van der Waals surface area contributed by atoms with Crippen LogP contribution in [0.4, 0.5) is 5.82 Å². The van der Waals surface area contributed by atoms with Crippen LogP contribution >= 0.6 is 0 Å². The summed E-state index contributed by atoms with van der Waals surface area (Å²) >= 11 is 0. The maximum absolute atomic E-state index is 4.53. The van der Waals surface area contributed by atoms with Crippen molar-refractivity contribution in [1.82, 2.24) is 19.9 Å². The Bertz CT molecular complexity index is 547. The van der Waals surface area contributed by atoms with Gasteiger partial charge in [0.15, 0.2) is 5.82 Å². The van der Waals surface area contributed by atoms with E-state index in [1.54, 1.807) is 0 Å². The van der Waals surface area contributed by atoms with E-state index in [9.17, 15) is 0 Å². The van der Waals surface area contributed by atoms with E-state index in [0.717, 1.165) is 29.9 Å². The molecule has 0 amide bonds. The van der Waals surface area contributed by atoms with Crippen molar-refractivity contribution in [1.29, 1.82) is 0 Å². The molecule has 0 bridgehead atoms. The second-order valence-electron chi connectivity index (χ2n) is 4.93. The molecule has 0 spiro atoms. The van der Waals surface area contributed by atoms with E-state index in [1.165, 1.54) is 12.8 Å². The van der Waals surface area contributed by atoms with Crippen molar-refractivity contribution >= 4 is 16.9 Å². The van der Waals surface area contributed by atoms with Crippen molar-refractivity contribution in [2.24, 2.45) is 7.05 Å². The van der Waals surface area contributed by atoms with E-state index in [-0.39, 0.29) is 0 Å². The first-order valence-electron chi connectivity index (χ1n) is 6.48. The van der Waals surface area contributed by atoms with Crippen LogP contribution in [0.3, 0.4) is 0 Å². The summed E-state index contributed by atoms with van der Waals surface area (Å²) in [5.74, 6) is 1.02. The van der Waals surface area contributed by atoms with Crippen LogP contribution in [0.5, 0.6) is 0 Å². The van der Waals surface area contributed by atoms with Crippen LogP contribution in [0, 0.1) is 0 Å². The van der Waals surface area contributed by atoms with Gasteiger partial charge in [0.25, 0.3) is 0 Å². The third-order valence-electron chi connectivity index (χ3n) is 3.75. The second kappa shape index (κ2) is 4.57. The molecule has 3 heterocycles. The molecule has 1 aliphatic heterocycles. The fourth-order valence-electron chi connectivity index (χ4n) is 2.68. The van der Waals surface area contributed by atoms with Crippen LogP contribution in [0.1, 0.15) is 12.8 Å². The lowest BCUT2D eigenvalue weighted by Gasteiger charge is -2.33. The Morgan fingerprint density at radius 1 is 1.39 bits per heavy atom. The lowest BCUT2D eigenvalue weighted by Crippen LogP contribution is -2.44. The number of aromatic nitrogens is 3. The van der Waals surface area contributed by atoms with E-state index in [2.05, 4.69) is 20.2 Å². The van der Waals surface area contributed by atoms with E-state index in [0.29, 0.717) is 6.04 Å². The second-order valence-corrected chi connectivity index (χ2v) is 4.93. The maximum atomic E-state index is 4.53. The maximum Gasteiger partial charge on any atom is 0.156 e. The molecule has 96 valence electrons. The van der Waals surface area contributed by atoms with Crippen LogP contribution < -0.4 is 10.2 Å². The molecule has 5 heteroatoms. The van der Waals surface area contributed by atoms with E-state index >= 15 is 0 Å². The number of hydrogen-bond donors (Lipinski definition) is 1. The number of rotatable bonds is 2. The van der Waals surface area contributed by atoms with E-state index < -0.39 is 0 Å². The molecule has 2 aromatic heterocycles. The SMILES string of the molecule is CNC1CCCN(c2nccc3c2ncn3C)C1. The quantitative estimate of drug-likeness (QED) is 0.862. The van der Waals surface area contributed by atoms with Crippen molar-refractivity contribution < 1.29 is 0 Å². The Hall–Kier alpha value is -1.62. The van der Waals surface area contributed by atoms with Gasteiger partial charge >= 0.3 is 0 Å². The number of pyridine rings is 1. The Balaban J connectivity index is 1.98. The van der Waals surface area contributed by atoms with Crippen LogP contribution in [0.2, 0.25) is 0 Å². The largest absolute Gasteiger partial charge is 0.353 e. The standard InChI is InChI=1S/C13H19N5/c1-14-10-4-3-7-18(8-10)13-12-11(5-6-15-13)17(2)9-16-12/h5-6,9-10,14H,3-4,7-8H2,1-2H3. The van der Waals surface area contributed by atoms with Crippen LogP contribution in [0.25, 0.3) is 11.0 Å². The summed E-state index contributed by atoms with van der Waals surface area (Å²) in [6.45, 7) is 2.08. The lowest BCUT2D eigenvalue weighted by atomic mass is 10.1. The summed E-state index contributed by atoms with van der Waals surface area (Å²) in [5.41, 5.74) is 2.16. The molecular formula is C13H19N5. The first kappa shape index (κ1) is 11.5. The van der Waals surface area contributed by atoms with Gasteiger partial charge in [0, 0.05) is 32.4 Å². The fraction of sp³-hybridized carbons (Fsp3) is 0.538. The smallest absolute Gasteiger partial charge is 0.156 e. The molecule has 3 rings (SSSR count). The summed E-state index contributed by atoms with van der Waals surface area (Å²) < 4.78 is 2.04. The Morgan fingerprint density at radius 2 is 2.28 bits per heavy atom. The molecule has 1 fully saturated rings. The van der Waals surface area contributed by atoms with Gasteiger partial charge in [0.2, 0.25) is 0 Å². The highest BCUT2D eigenvalue weighted by atomic mass is 15.2. The number of likely N-dealkylation sites (N-methyl/N-ethyl adjacent to an activating group) is 1. The number of aryl methyl sites for hydroxylation is 1. The van der Waals surface area contributed by atoms with E-state index in [4.69, 9.17) is 0 Å². The van der Waals surface area contributed by atoms with Gasteiger partial charge in [-0.25, -0.2) is 9.97 Å². The minimum absolute atomic E-state index is 0.555.